The van der Waals surface area contributed by atoms with Gasteiger partial charge in [-0.25, -0.2) is 12.8 Å². The molecule has 3 rings (SSSR count). The number of aryl methyl sites for hydroxylation is 1. The van der Waals surface area contributed by atoms with E-state index in [1.807, 2.05) is 0 Å². The molecule has 28 heavy (non-hydrogen) atoms. The summed E-state index contributed by atoms with van der Waals surface area (Å²) < 4.78 is 48.5. The molecule has 0 unspecified atom stereocenters. The second-order valence-electron chi connectivity index (χ2n) is 7.19. The molecule has 1 fully saturated rings. The number of methoxy groups -OCH3 is 1. The molecule has 1 aliphatic rings. The molecule has 6 nitrogen and oxygen atoms in total. The number of aromatic nitrogens is 2. The van der Waals surface area contributed by atoms with Gasteiger partial charge in [-0.3, -0.25) is 4.68 Å². The third-order valence-electron chi connectivity index (χ3n) is 4.95. The lowest BCUT2D eigenvalue weighted by atomic mass is 10.2. The van der Waals surface area contributed by atoms with E-state index < -0.39 is 15.8 Å². The van der Waals surface area contributed by atoms with Gasteiger partial charge in [0.15, 0.2) is 0 Å². The molecule has 0 amide bonds. The van der Waals surface area contributed by atoms with Crippen LogP contribution in [-0.2, 0) is 27.8 Å². The fraction of sp³-hybridized carbons (Fsp3) is 0.526. The zero-order valence-electron chi connectivity index (χ0n) is 16.3. The Morgan fingerprint density at radius 1 is 1.36 bits per heavy atom. The van der Waals surface area contributed by atoms with Crippen LogP contribution in [0.15, 0.2) is 23.1 Å². The maximum atomic E-state index is 13.5. The van der Waals surface area contributed by atoms with Gasteiger partial charge in [-0.2, -0.15) is 9.40 Å². The Labute approximate surface area is 170 Å². The molecule has 1 aliphatic carbocycles. The van der Waals surface area contributed by atoms with Crippen molar-refractivity contribution in [3.8, 4) is 0 Å². The van der Waals surface area contributed by atoms with Crippen LogP contribution in [0.3, 0.4) is 0 Å². The number of hydrogen-bond donors (Lipinski definition) is 0. The van der Waals surface area contributed by atoms with E-state index in [2.05, 4.69) is 5.10 Å². The normalized spacial score (nSPS) is 14.8. The Hall–Kier alpha value is -1.48. The van der Waals surface area contributed by atoms with Crippen molar-refractivity contribution in [2.24, 2.45) is 5.92 Å². The lowest BCUT2D eigenvalue weighted by molar-refractivity contribution is 0.177. The van der Waals surface area contributed by atoms with Crippen LogP contribution in [0.2, 0.25) is 5.02 Å². The SMILES string of the molecule is COCCN(Cc1ccc(F)cc1Cl)S(=O)(=O)c1c(C)nn(CC2CC2)c1C. The Kier molecular flexibility index (Phi) is 6.44. The van der Waals surface area contributed by atoms with Gasteiger partial charge in [0.2, 0.25) is 10.0 Å². The van der Waals surface area contributed by atoms with Crippen LogP contribution >= 0.6 is 11.6 Å². The average molecular weight is 430 g/mol. The van der Waals surface area contributed by atoms with Gasteiger partial charge in [0, 0.05) is 31.8 Å². The van der Waals surface area contributed by atoms with Gasteiger partial charge in [0.05, 0.1) is 18.0 Å². The van der Waals surface area contributed by atoms with Crippen molar-refractivity contribution in [1.82, 2.24) is 14.1 Å². The summed E-state index contributed by atoms with van der Waals surface area (Å²) in [7, 11) is -2.32. The van der Waals surface area contributed by atoms with Crippen molar-refractivity contribution in [3.05, 3.63) is 46.0 Å². The van der Waals surface area contributed by atoms with Gasteiger partial charge < -0.3 is 4.74 Å². The first-order valence-corrected chi connectivity index (χ1v) is 11.0. The van der Waals surface area contributed by atoms with E-state index in [0.29, 0.717) is 22.9 Å². The monoisotopic (exact) mass is 429 g/mol. The molecule has 0 N–H and O–H groups in total. The molecule has 0 atom stereocenters. The lowest BCUT2D eigenvalue weighted by Gasteiger charge is -2.23. The standard InChI is InChI=1S/C19H25ClFN3O3S/c1-13-19(14(2)24(22-13)11-15-4-5-15)28(25,26)23(8-9-27-3)12-16-6-7-17(21)10-18(16)20/h6-7,10,15H,4-5,8-9,11-12H2,1-3H3. The quantitative estimate of drug-likeness (QED) is 0.611. The number of ether oxygens (including phenoxy) is 1. The van der Waals surface area contributed by atoms with Gasteiger partial charge in [-0.1, -0.05) is 17.7 Å². The first-order valence-electron chi connectivity index (χ1n) is 9.21. The van der Waals surface area contributed by atoms with Gasteiger partial charge >= 0.3 is 0 Å². The predicted octanol–water partition coefficient (Wildman–Crippen LogP) is 3.54. The van der Waals surface area contributed by atoms with E-state index in [9.17, 15) is 12.8 Å². The molecular formula is C19H25ClFN3O3S. The molecule has 2 aromatic rings. The molecule has 1 saturated carbocycles. The van der Waals surface area contributed by atoms with Crippen LogP contribution in [0.25, 0.3) is 0 Å². The highest BCUT2D eigenvalue weighted by Gasteiger charge is 2.32. The Morgan fingerprint density at radius 2 is 2.07 bits per heavy atom. The Balaban J connectivity index is 1.95. The largest absolute Gasteiger partial charge is 0.383 e. The van der Waals surface area contributed by atoms with Crippen molar-refractivity contribution in [2.75, 3.05) is 20.3 Å². The third kappa shape index (κ3) is 4.56. The highest BCUT2D eigenvalue weighted by Crippen LogP contribution is 2.33. The van der Waals surface area contributed by atoms with Crippen molar-refractivity contribution in [1.29, 1.82) is 0 Å². The summed E-state index contributed by atoms with van der Waals surface area (Å²) in [4.78, 5) is 0.225. The van der Waals surface area contributed by atoms with Crippen LogP contribution in [0.5, 0.6) is 0 Å². The molecule has 0 bridgehead atoms. The van der Waals surface area contributed by atoms with Crippen molar-refractivity contribution < 1.29 is 17.5 Å². The van der Waals surface area contributed by atoms with Crippen molar-refractivity contribution >= 4 is 21.6 Å². The molecule has 0 aliphatic heterocycles. The number of sulfonamides is 1. The maximum Gasteiger partial charge on any atom is 0.247 e. The van der Waals surface area contributed by atoms with Crippen LogP contribution < -0.4 is 0 Å². The summed E-state index contributed by atoms with van der Waals surface area (Å²) in [6, 6.07) is 3.96. The number of hydrogen-bond acceptors (Lipinski definition) is 4. The van der Waals surface area contributed by atoms with Crippen LogP contribution in [-0.4, -0.2) is 42.8 Å². The smallest absolute Gasteiger partial charge is 0.247 e. The number of halogens is 2. The van der Waals surface area contributed by atoms with Gasteiger partial charge in [-0.05, 0) is 50.3 Å². The van der Waals surface area contributed by atoms with E-state index >= 15 is 0 Å². The summed E-state index contributed by atoms with van der Waals surface area (Å²) in [6.45, 7) is 4.64. The number of benzene rings is 1. The maximum absolute atomic E-state index is 13.5. The first-order chi connectivity index (χ1) is 13.2. The molecule has 0 saturated heterocycles. The summed E-state index contributed by atoms with van der Waals surface area (Å²) in [5.74, 6) is 0.115. The molecule has 0 radical (unpaired) electrons. The van der Waals surface area contributed by atoms with E-state index in [1.165, 1.54) is 29.6 Å². The second kappa shape index (κ2) is 8.49. The molecule has 1 heterocycles. The lowest BCUT2D eigenvalue weighted by Crippen LogP contribution is -2.34. The summed E-state index contributed by atoms with van der Waals surface area (Å²) >= 11 is 6.13. The Bertz CT molecular complexity index is 958. The van der Waals surface area contributed by atoms with E-state index in [0.717, 1.165) is 19.4 Å². The summed E-state index contributed by atoms with van der Waals surface area (Å²) in [5, 5.41) is 4.65. The summed E-state index contributed by atoms with van der Waals surface area (Å²) in [6.07, 6.45) is 2.31. The Morgan fingerprint density at radius 3 is 2.68 bits per heavy atom. The molecular weight excluding hydrogens is 405 g/mol. The number of nitrogens with zero attached hydrogens (tertiary/aromatic N) is 3. The van der Waals surface area contributed by atoms with Gasteiger partial charge in [0.1, 0.15) is 10.7 Å². The first kappa shape index (κ1) is 21.2. The predicted molar refractivity (Wildman–Crippen MR) is 105 cm³/mol. The zero-order chi connectivity index (χ0) is 20.5. The minimum absolute atomic E-state index is 0.0253. The number of rotatable bonds is 9. The third-order valence-corrected chi connectivity index (χ3v) is 7.40. The fourth-order valence-corrected chi connectivity index (χ4v) is 5.22. The molecule has 1 aromatic heterocycles. The topological polar surface area (TPSA) is 64.4 Å². The molecule has 1 aromatic carbocycles. The average Bonchev–Trinajstić information content (AvgIpc) is 3.38. The van der Waals surface area contributed by atoms with Crippen molar-refractivity contribution in [3.63, 3.8) is 0 Å². The van der Waals surface area contributed by atoms with Crippen LogP contribution in [0.1, 0.15) is 29.8 Å². The highest BCUT2D eigenvalue weighted by atomic mass is 35.5. The minimum atomic E-state index is -3.84. The van der Waals surface area contributed by atoms with Crippen LogP contribution in [0, 0.1) is 25.6 Å². The highest BCUT2D eigenvalue weighted by molar-refractivity contribution is 7.89. The van der Waals surface area contributed by atoms with E-state index in [-0.39, 0.29) is 29.6 Å². The van der Waals surface area contributed by atoms with Crippen LogP contribution in [0.4, 0.5) is 4.39 Å². The summed E-state index contributed by atoms with van der Waals surface area (Å²) in [5.41, 5.74) is 1.64. The van der Waals surface area contributed by atoms with Gasteiger partial charge in [-0.15, -0.1) is 0 Å². The van der Waals surface area contributed by atoms with E-state index in [1.54, 1.807) is 18.5 Å². The minimum Gasteiger partial charge on any atom is -0.383 e. The molecule has 0 spiro atoms. The van der Waals surface area contributed by atoms with Gasteiger partial charge in [0.25, 0.3) is 0 Å². The second-order valence-corrected chi connectivity index (χ2v) is 9.47. The zero-order valence-corrected chi connectivity index (χ0v) is 17.9. The van der Waals surface area contributed by atoms with E-state index in [4.69, 9.17) is 16.3 Å². The molecule has 9 heteroatoms. The van der Waals surface area contributed by atoms with Crippen molar-refractivity contribution in [2.45, 2.75) is 44.7 Å². The fourth-order valence-electron chi connectivity index (χ4n) is 3.22. The molecule has 154 valence electrons.